The molecular weight excluding hydrogens is 552 g/mol. The molecule has 0 spiro atoms. The maximum Gasteiger partial charge on any atom is 0.337 e. The Hall–Kier alpha value is -5.10. The molecule has 2 unspecified atom stereocenters. The molecule has 12 heteroatoms. The molecule has 4 aromatic rings. The molecule has 1 aliphatic rings. The molecule has 3 aromatic carbocycles. The first-order valence-electron chi connectivity index (χ1n) is 13.9. The molecule has 12 nitrogen and oxygen atoms in total. The van der Waals surface area contributed by atoms with Crippen LogP contribution in [-0.2, 0) is 30.4 Å². The van der Waals surface area contributed by atoms with E-state index in [1.807, 2.05) is 18.2 Å². The highest BCUT2D eigenvalue weighted by Crippen LogP contribution is 2.30. The van der Waals surface area contributed by atoms with E-state index in [9.17, 15) is 19.2 Å². The van der Waals surface area contributed by atoms with Crippen molar-refractivity contribution in [2.24, 2.45) is 0 Å². The standard InChI is InChI=1S/C31H32N6O6/c1-20(38)33-23-13-15-24(16-14-23)37(28(39)19-36-27-8-4-3-7-26(27)34-35-36)29(30(40)32-18-25-6-5-17-43-25)21-9-11-22(12-10-21)31(41)42-2/h3-4,7-16,25,29H,5-6,17-19H2,1-2H3,(H,32,40)(H,33,38). The van der Waals surface area contributed by atoms with Gasteiger partial charge in [-0.15, -0.1) is 5.10 Å². The highest BCUT2D eigenvalue weighted by atomic mass is 16.5. The quantitative estimate of drug-likeness (QED) is 0.270. The minimum absolute atomic E-state index is 0.117. The van der Waals surface area contributed by atoms with E-state index < -0.39 is 23.8 Å². The summed E-state index contributed by atoms with van der Waals surface area (Å²) >= 11 is 0. The predicted molar refractivity (Wildman–Crippen MR) is 158 cm³/mol. The number of ether oxygens (including phenoxy) is 2. The average molecular weight is 585 g/mol. The summed E-state index contributed by atoms with van der Waals surface area (Å²) in [6, 6.07) is 19.1. The normalized spacial score (nSPS) is 15.1. The van der Waals surface area contributed by atoms with E-state index in [4.69, 9.17) is 9.47 Å². The number of esters is 1. The maximum atomic E-state index is 14.2. The molecule has 0 bridgehead atoms. The molecule has 1 aliphatic heterocycles. The van der Waals surface area contributed by atoms with Gasteiger partial charge in [-0.25, -0.2) is 9.48 Å². The van der Waals surface area contributed by atoms with Gasteiger partial charge in [-0.1, -0.05) is 29.5 Å². The number of methoxy groups -OCH3 is 1. The number of nitrogens with one attached hydrogen (secondary N) is 2. The van der Waals surface area contributed by atoms with Crippen LogP contribution in [0, 0.1) is 0 Å². The van der Waals surface area contributed by atoms with Crippen molar-refractivity contribution in [3.8, 4) is 0 Å². The lowest BCUT2D eigenvalue weighted by Crippen LogP contribution is -2.46. The Morgan fingerprint density at radius 2 is 1.79 bits per heavy atom. The van der Waals surface area contributed by atoms with Crippen molar-refractivity contribution < 1.29 is 28.7 Å². The number of fused-ring (bicyclic) bond motifs is 1. The van der Waals surface area contributed by atoms with Crippen molar-refractivity contribution >= 4 is 46.1 Å². The van der Waals surface area contributed by atoms with Gasteiger partial charge in [0, 0.05) is 31.5 Å². The average Bonchev–Trinajstić information content (AvgIpc) is 3.69. The van der Waals surface area contributed by atoms with Crippen LogP contribution in [0.4, 0.5) is 11.4 Å². The van der Waals surface area contributed by atoms with Crippen LogP contribution < -0.4 is 15.5 Å². The summed E-state index contributed by atoms with van der Waals surface area (Å²) in [6.45, 7) is 2.12. The van der Waals surface area contributed by atoms with Crippen molar-refractivity contribution in [1.82, 2.24) is 20.3 Å². The third-order valence-electron chi connectivity index (χ3n) is 7.12. The number of para-hydroxylation sites is 1. The van der Waals surface area contributed by atoms with Crippen LogP contribution in [0.3, 0.4) is 0 Å². The van der Waals surface area contributed by atoms with E-state index in [0.29, 0.717) is 40.1 Å². The van der Waals surface area contributed by atoms with E-state index in [1.165, 1.54) is 23.6 Å². The molecule has 2 N–H and O–H groups in total. The lowest BCUT2D eigenvalue weighted by atomic mass is 10.0. The van der Waals surface area contributed by atoms with Gasteiger partial charge in [0.2, 0.25) is 17.7 Å². The maximum absolute atomic E-state index is 14.2. The van der Waals surface area contributed by atoms with Crippen LogP contribution in [0.25, 0.3) is 11.0 Å². The summed E-state index contributed by atoms with van der Waals surface area (Å²) in [7, 11) is 1.29. The fraction of sp³-hybridized carbons (Fsp3) is 0.290. The largest absolute Gasteiger partial charge is 0.465 e. The summed E-state index contributed by atoms with van der Waals surface area (Å²) in [5.74, 6) is -1.62. The second-order valence-electron chi connectivity index (χ2n) is 10.1. The number of benzene rings is 3. The predicted octanol–water partition coefficient (Wildman–Crippen LogP) is 3.25. The van der Waals surface area contributed by atoms with Crippen molar-refractivity contribution in [1.29, 1.82) is 0 Å². The van der Waals surface area contributed by atoms with Gasteiger partial charge < -0.3 is 20.1 Å². The molecule has 43 heavy (non-hydrogen) atoms. The zero-order valence-electron chi connectivity index (χ0n) is 23.9. The Morgan fingerprint density at radius 1 is 1.05 bits per heavy atom. The molecule has 0 saturated carbocycles. The monoisotopic (exact) mass is 584 g/mol. The first kappa shape index (κ1) is 29.4. The van der Waals surface area contributed by atoms with Gasteiger partial charge in [0.05, 0.1) is 24.3 Å². The Balaban J connectivity index is 1.55. The minimum Gasteiger partial charge on any atom is -0.465 e. The summed E-state index contributed by atoms with van der Waals surface area (Å²) in [5, 5.41) is 14.0. The number of hydrogen-bond donors (Lipinski definition) is 2. The second kappa shape index (κ2) is 13.3. The van der Waals surface area contributed by atoms with E-state index >= 15 is 0 Å². The fourth-order valence-corrected chi connectivity index (χ4v) is 5.04. The summed E-state index contributed by atoms with van der Waals surface area (Å²) in [5.41, 5.74) is 3.02. The SMILES string of the molecule is COC(=O)c1ccc(C(C(=O)NCC2CCCO2)N(C(=O)Cn2nnc3ccccc32)c2ccc(NC(C)=O)cc2)cc1. The van der Waals surface area contributed by atoms with Crippen molar-refractivity contribution in [3.05, 3.63) is 83.9 Å². The number of hydrogen-bond acceptors (Lipinski definition) is 8. The Kier molecular flexibility index (Phi) is 9.06. The van der Waals surface area contributed by atoms with Gasteiger partial charge >= 0.3 is 5.97 Å². The number of carbonyl (C=O) groups is 4. The fourth-order valence-electron chi connectivity index (χ4n) is 5.04. The Bertz CT molecular complexity index is 1610. The third kappa shape index (κ3) is 6.87. The third-order valence-corrected chi connectivity index (χ3v) is 7.12. The lowest BCUT2D eigenvalue weighted by molar-refractivity contribution is -0.127. The molecule has 0 radical (unpaired) electrons. The van der Waals surface area contributed by atoms with Gasteiger partial charge in [0.25, 0.3) is 0 Å². The second-order valence-corrected chi connectivity index (χ2v) is 10.1. The van der Waals surface area contributed by atoms with Crippen LogP contribution >= 0.6 is 0 Å². The van der Waals surface area contributed by atoms with Crippen LogP contribution in [0.1, 0.15) is 41.7 Å². The number of nitrogens with zero attached hydrogens (tertiary/aromatic N) is 4. The summed E-state index contributed by atoms with van der Waals surface area (Å²) in [6.07, 6.45) is 1.62. The molecule has 1 fully saturated rings. The number of aromatic nitrogens is 3. The molecule has 0 aliphatic carbocycles. The molecule has 222 valence electrons. The van der Waals surface area contributed by atoms with E-state index in [2.05, 4.69) is 20.9 Å². The lowest BCUT2D eigenvalue weighted by Gasteiger charge is -2.32. The van der Waals surface area contributed by atoms with Crippen molar-refractivity contribution in [2.75, 3.05) is 30.5 Å². The molecule has 1 aromatic heterocycles. The molecule has 1 saturated heterocycles. The highest BCUT2D eigenvalue weighted by Gasteiger charge is 2.34. The van der Waals surface area contributed by atoms with E-state index in [0.717, 1.165) is 12.8 Å². The zero-order valence-corrected chi connectivity index (χ0v) is 23.9. The van der Waals surface area contributed by atoms with Gasteiger partial charge in [-0.2, -0.15) is 0 Å². The zero-order chi connectivity index (χ0) is 30.3. The van der Waals surface area contributed by atoms with E-state index in [-0.39, 0.29) is 25.1 Å². The first-order valence-corrected chi connectivity index (χ1v) is 13.9. The summed E-state index contributed by atoms with van der Waals surface area (Å²) in [4.78, 5) is 53.3. The number of rotatable bonds is 10. The van der Waals surface area contributed by atoms with Gasteiger partial charge in [-0.05, 0) is 66.9 Å². The van der Waals surface area contributed by atoms with Crippen molar-refractivity contribution in [3.63, 3.8) is 0 Å². The molecule has 2 atom stereocenters. The topological polar surface area (TPSA) is 145 Å². The molecule has 5 rings (SSSR count). The van der Waals surface area contributed by atoms with Crippen LogP contribution in [0.15, 0.2) is 72.8 Å². The number of anilines is 2. The number of carbonyl (C=O) groups excluding carboxylic acids is 4. The minimum atomic E-state index is -1.12. The van der Waals surface area contributed by atoms with E-state index in [1.54, 1.807) is 54.6 Å². The van der Waals surface area contributed by atoms with Crippen LogP contribution in [-0.4, -0.2) is 65.1 Å². The van der Waals surface area contributed by atoms with Crippen LogP contribution in [0.5, 0.6) is 0 Å². The molecule has 2 heterocycles. The first-order chi connectivity index (χ1) is 20.8. The Labute approximate surface area is 247 Å². The highest BCUT2D eigenvalue weighted by molar-refractivity contribution is 6.02. The van der Waals surface area contributed by atoms with Crippen LogP contribution in [0.2, 0.25) is 0 Å². The van der Waals surface area contributed by atoms with Gasteiger partial charge in [0.1, 0.15) is 18.1 Å². The van der Waals surface area contributed by atoms with Gasteiger partial charge in [0.15, 0.2) is 0 Å². The molecule has 3 amide bonds. The summed E-state index contributed by atoms with van der Waals surface area (Å²) < 4.78 is 12.0. The Morgan fingerprint density at radius 3 is 2.47 bits per heavy atom. The smallest absolute Gasteiger partial charge is 0.337 e. The van der Waals surface area contributed by atoms with Crippen molar-refractivity contribution in [2.45, 2.75) is 38.5 Å². The number of amides is 3. The van der Waals surface area contributed by atoms with Gasteiger partial charge in [-0.3, -0.25) is 19.3 Å². The molecular formula is C31H32N6O6.